The van der Waals surface area contributed by atoms with Crippen molar-refractivity contribution in [1.82, 2.24) is 5.32 Å². The highest BCUT2D eigenvalue weighted by molar-refractivity contribution is 5.95. The third kappa shape index (κ3) is 3.96. The quantitative estimate of drug-likeness (QED) is 0.832. The molecule has 3 nitrogen and oxygen atoms in total. The second-order valence-corrected chi connectivity index (χ2v) is 6.20. The molecule has 0 radical (unpaired) electrons. The molecule has 1 fully saturated rings. The smallest absolute Gasteiger partial charge is 0.254 e. The van der Waals surface area contributed by atoms with Gasteiger partial charge in [-0.1, -0.05) is 26.2 Å². The first-order chi connectivity index (χ1) is 10.0. The van der Waals surface area contributed by atoms with Gasteiger partial charge in [-0.25, -0.2) is 4.39 Å². The highest BCUT2D eigenvalue weighted by Gasteiger charge is 2.21. The number of nitrogens with two attached hydrogens (primary N) is 1. The number of nitrogen functional groups attached to an aromatic ring is 1. The van der Waals surface area contributed by atoms with Crippen molar-refractivity contribution >= 4 is 11.6 Å². The molecule has 0 aromatic heterocycles. The summed E-state index contributed by atoms with van der Waals surface area (Å²) in [5, 5.41) is 2.86. The van der Waals surface area contributed by atoms with E-state index in [9.17, 15) is 9.18 Å². The van der Waals surface area contributed by atoms with Crippen LogP contribution in [0.5, 0.6) is 0 Å². The molecule has 1 aliphatic carbocycles. The summed E-state index contributed by atoms with van der Waals surface area (Å²) in [6, 6.07) is 2.95. The second kappa shape index (κ2) is 6.92. The fourth-order valence-corrected chi connectivity index (χ4v) is 3.14. The van der Waals surface area contributed by atoms with Crippen LogP contribution >= 0.6 is 0 Å². The Hall–Kier alpha value is -1.58. The van der Waals surface area contributed by atoms with Gasteiger partial charge in [-0.15, -0.1) is 0 Å². The molecule has 4 heteroatoms. The molecule has 0 atom stereocenters. The first-order valence-electron chi connectivity index (χ1n) is 7.85. The number of nitrogens with one attached hydrogen (secondary N) is 1. The molecule has 21 heavy (non-hydrogen) atoms. The van der Waals surface area contributed by atoms with E-state index < -0.39 is 5.82 Å². The van der Waals surface area contributed by atoms with Gasteiger partial charge in [0.05, 0.1) is 5.56 Å². The maximum Gasteiger partial charge on any atom is 0.254 e. The summed E-state index contributed by atoms with van der Waals surface area (Å²) in [4.78, 5) is 12.1. The van der Waals surface area contributed by atoms with Crippen LogP contribution in [0.2, 0.25) is 0 Å². The number of aryl methyl sites for hydroxylation is 1. The standard InChI is InChI=1S/C17H25FN2O/c1-3-12-4-6-13(7-5-12)10-20-17(21)15-9-14(19)8-11(2)16(15)18/h8-9,12-13H,3-7,10,19H2,1-2H3,(H,20,21). The Labute approximate surface area is 126 Å². The van der Waals surface area contributed by atoms with E-state index in [0.717, 1.165) is 18.8 Å². The lowest BCUT2D eigenvalue weighted by Gasteiger charge is -2.27. The molecule has 1 aromatic carbocycles. The van der Waals surface area contributed by atoms with Crippen LogP contribution in [0.4, 0.5) is 10.1 Å². The largest absolute Gasteiger partial charge is 0.399 e. The van der Waals surface area contributed by atoms with E-state index in [-0.39, 0.29) is 11.5 Å². The fourth-order valence-electron chi connectivity index (χ4n) is 3.14. The number of hydrogen-bond donors (Lipinski definition) is 2. The van der Waals surface area contributed by atoms with E-state index in [1.807, 2.05) is 0 Å². The zero-order valence-corrected chi connectivity index (χ0v) is 12.9. The summed E-state index contributed by atoms with van der Waals surface area (Å²) in [5.74, 6) is 0.518. The van der Waals surface area contributed by atoms with Gasteiger partial charge in [-0.2, -0.15) is 0 Å². The number of amides is 1. The van der Waals surface area contributed by atoms with Crippen LogP contribution in [0.25, 0.3) is 0 Å². The molecule has 0 spiro atoms. The highest BCUT2D eigenvalue weighted by atomic mass is 19.1. The summed E-state index contributed by atoms with van der Waals surface area (Å²) in [5.41, 5.74) is 6.56. The predicted octanol–water partition coefficient (Wildman–Crippen LogP) is 3.66. The predicted molar refractivity (Wildman–Crippen MR) is 83.6 cm³/mol. The van der Waals surface area contributed by atoms with Crippen LogP contribution in [-0.2, 0) is 0 Å². The van der Waals surface area contributed by atoms with Crippen LogP contribution in [0.3, 0.4) is 0 Å². The minimum absolute atomic E-state index is 0.0507. The topological polar surface area (TPSA) is 55.1 Å². The molecule has 1 aromatic rings. The summed E-state index contributed by atoms with van der Waals surface area (Å²) in [6.45, 7) is 4.48. The Balaban J connectivity index is 1.91. The molecule has 1 saturated carbocycles. The first-order valence-corrected chi connectivity index (χ1v) is 7.85. The molecule has 0 aliphatic heterocycles. The molecule has 116 valence electrons. The molecule has 3 N–H and O–H groups in total. The number of rotatable bonds is 4. The normalized spacial score (nSPS) is 22.0. The lowest BCUT2D eigenvalue weighted by molar-refractivity contribution is 0.0937. The van der Waals surface area contributed by atoms with E-state index >= 15 is 0 Å². The number of anilines is 1. The van der Waals surface area contributed by atoms with E-state index in [1.165, 1.54) is 31.4 Å². The van der Waals surface area contributed by atoms with Crippen molar-refractivity contribution in [3.05, 3.63) is 29.1 Å². The summed E-state index contributed by atoms with van der Waals surface area (Å²) in [7, 11) is 0. The Morgan fingerprint density at radius 3 is 2.52 bits per heavy atom. The first kappa shape index (κ1) is 15.8. The Morgan fingerprint density at radius 1 is 1.29 bits per heavy atom. The summed E-state index contributed by atoms with van der Waals surface area (Å²) < 4.78 is 14.0. The minimum Gasteiger partial charge on any atom is -0.399 e. The third-order valence-corrected chi connectivity index (χ3v) is 4.62. The van der Waals surface area contributed by atoms with Crippen molar-refractivity contribution in [3.63, 3.8) is 0 Å². The molecule has 1 amide bonds. The SMILES string of the molecule is CCC1CCC(CNC(=O)c2cc(N)cc(C)c2F)CC1. The second-order valence-electron chi connectivity index (χ2n) is 6.20. The lowest BCUT2D eigenvalue weighted by Crippen LogP contribution is -2.32. The van der Waals surface area contributed by atoms with E-state index in [4.69, 9.17) is 5.73 Å². The molecule has 0 saturated heterocycles. The lowest BCUT2D eigenvalue weighted by atomic mass is 9.81. The van der Waals surface area contributed by atoms with Crippen LogP contribution < -0.4 is 11.1 Å². The van der Waals surface area contributed by atoms with E-state index in [0.29, 0.717) is 23.7 Å². The van der Waals surface area contributed by atoms with Crippen LogP contribution in [-0.4, -0.2) is 12.5 Å². The van der Waals surface area contributed by atoms with Crippen molar-refractivity contribution in [1.29, 1.82) is 0 Å². The van der Waals surface area contributed by atoms with Gasteiger partial charge in [0.25, 0.3) is 5.91 Å². The Morgan fingerprint density at radius 2 is 1.90 bits per heavy atom. The van der Waals surface area contributed by atoms with Crippen molar-refractivity contribution in [2.24, 2.45) is 11.8 Å². The van der Waals surface area contributed by atoms with Crippen LogP contribution in [0.15, 0.2) is 12.1 Å². The van der Waals surface area contributed by atoms with E-state index in [1.54, 1.807) is 6.92 Å². The average molecular weight is 292 g/mol. The molecule has 1 aliphatic rings. The molecular weight excluding hydrogens is 267 g/mol. The number of hydrogen-bond acceptors (Lipinski definition) is 2. The van der Waals surface area contributed by atoms with Crippen LogP contribution in [0, 0.1) is 24.6 Å². The highest BCUT2D eigenvalue weighted by Crippen LogP contribution is 2.30. The molecular formula is C17H25FN2O. The zero-order chi connectivity index (χ0) is 15.4. The molecule has 0 bridgehead atoms. The van der Waals surface area contributed by atoms with Crippen molar-refractivity contribution < 1.29 is 9.18 Å². The zero-order valence-electron chi connectivity index (χ0n) is 12.9. The monoisotopic (exact) mass is 292 g/mol. The number of halogens is 1. The average Bonchev–Trinajstić information content (AvgIpc) is 2.49. The van der Waals surface area contributed by atoms with Gasteiger partial charge in [-0.05, 0) is 49.3 Å². The van der Waals surface area contributed by atoms with Crippen LogP contribution in [0.1, 0.15) is 54.9 Å². The van der Waals surface area contributed by atoms with Crippen molar-refractivity contribution in [2.75, 3.05) is 12.3 Å². The van der Waals surface area contributed by atoms with Crippen molar-refractivity contribution in [3.8, 4) is 0 Å². The Kier molecular flexibility index (Phi) is 5.21. The van der Waals surface area contributed by atoms with Gasteiger partial charge in [0.1, 0.15) is 5.82 Å². The van der Waals surface area contributed by atoms with Gasteiger partial charge in [-0.3, -0.25) is 4.79 Å². The Bertz CT molecular complexity index is 508. The third-order valence-electron chi connectivity index (χ3n) is 4.62. The minimum atomic E-state index is -0.476. The molecule has 0 unspecified atom stereocenters. The molecule has 0 heterocycles. The van der Waals surface area contributed by atoms with Gasteiger partial charge in [0.2, 0.25) is 0 Å². The molecule has 2 rings (SSSR count). The van der Waals surface area contributed by atoms with Gasteiger partial charge in [0, 0.05) is 12.2 Å². The fraction of sp³-hybridized carbons (Fsp3) is 0.588. The van der Waals surface area contributed by atoms with E-state index in [2.05, 4.69) is 12.2 Å². The maximum atomic E-state index is 14.0. The van der Waals surface area contributed by atoms with Gasteiger partial charge < -0.3 is 11.1 Å². The number of carbonyl (C=O) groups excluding carboxylic acids is 1. The van der Waals surface area contributed by atoms with Gasteiger partial charge >= 0.3 is 0 Å². The number of benzene rings is 1. The summed E-state index contributed by atoms with van der Waals surface area (Å²) in [6.07, 6.45) is 6.02. The van der Waals surface area contributed by atoms with Gasteiger partial charge in [0.15, 0.2) is 0 Å². The maximum absolute atomic E-state index is 14.0. The van der Waals surface area contributed by atoms with Crippen molar-refractivity contribution in [2.45, 2.75) is 46.0 Å². The number of carbonyl (C=O) groups is 1. The summed E-state index contributed by atoms with van der Waals surface area (Å²) >= 11 is 0.